The molecule has 0 bridgehead atoms. The van der Waals surface area contributed by atoms with Crippen molar-refractivity contribution in [2.24, 2.45) is 11.3 Å². The van der Waals surface area contributed by atoms with Gasteiger partial charge in [-0.3, -0.25) is 4.79 Å². The average molecular weight is 287 g/mol. The van der Waals surface area contributed by atoms with E-state index in [0.29, 0.717) is 11.8 Å². The van der Waals surface area contributed by atoms with Crippen molar-refractivity contribution in [3.8, 4) is 0 Å². The van der Waals surface area contributed by atoms with Gasteiger partial charge >= 0.3 is 0 Å². The number of aromatic nitrogens is 1. The lowest BCUT2D eigenvalue weighted by Crippen LogP contribution is -2.45. The van der Waals surface area contributed by atoms with Gasteiger partial charge in [0.2, 0.25) is 5.91 Å². The van der Waals surface area contributed by atoms with Crippen LogP contribution >= 0.6 is 0 Å². The molecule has 3 rings (SSSR count). The number of hydrogen-bond acceptors (Lipinski definition) is 3. The van der Waals surface area contributed by atoms with Crippen LogP contribution in [0, 0.1) is 11.3 Å². The van der Waals surface area contributed by atoms with E-state index in [4.69, 9.17) is 0 Å². The molecule has 0 atom stereocenters. The fraction of sp³-hybridized carbons (Fsp3) is 0.647. The predicted octanol–water partition coefficient (Wildman–Crippen LogP) is 2.56. The lowest BCUT2D eigenvalue weighted by Gasteiger charge is -2.38. The van der Waals surface area contributed by atoms with Gasteiger partial charge < -0.3 is 9.80 Å². The molecule has 0 saturated carbocycles. The number of rotatable bonds is 3. The molecule has 21 heavy (non-hydrogen) atoms. The summed E-state index contributed by atoms with van der Waals surface area (Å²) < 4.78 is 0. The second-order valence-corrected chi connectivity index (χ2v) is 6.85. The van der Waals surface area contributed by atoms with Crippen molar-refractivity contribution in [2.75, 3.05) is 31.1 Å². The zero-order valence-electron chi connectivity index (χ0n) is 13.1. The monoisotopic (exact) mass is 287 g/mol. The molecule has 2 aliphatic rings. The van der Waals surface area contributed by atoms with E-state index in [9.17, 15) is 4.79 Å². The molecule has 4 heteroatoms. The van der Waals surface area contributed by atoms with Crippen LogP contribution in [0.3, 0.4) is 0 Å². The summed E-state index contributed by atoms with van der Waals surface area (Å²) in [6.45, 7) is 8.10. The smallest absolute Gasteiger partial charge is 0.229 e. The van der Waals surface area contributed by atoms with Crippen LogP contribution in [0.2, 0.25) is 0 Å². The topological polar surface area (TPSA) is 36.4 Å². The molecule has 2 fully saturated rings. The minimum absolute atomic E-state index is 0.0832. The molecule has 1 aromatic rings. The van der Waals surface area contributed by atoms with Crippen LogP contribution in [0.4, 0.5) is 5.82 Å². The lowest BCUT2D eigenvalue weighted by atomic mass is 9.77. The molecule has 2 aliphatic heterocycles. The summed E-state index contributed by atoms with van der Waals surface area (Å²) >= 11 is 0. The first-order valence-corrected chi connectivity index (χ1v) is 8.06. The van der Waals surface area contributed by atoms with Crippen LogP contribution in [-0.2, 0) is 4.79 Å². The second kappa shape index (κ2) is 5.66. The quantitative estimate of drug-likeness (QED) is 0.857. The predicted molar refractivity (Wildman–Crippen MR) is 84.2 cm³/mol. The first-order valence-electron chi connectivity index (χ1n) is 8.06. The van der Waals surface area contributed by atoms with Crippen molar-refractivity contribution >= 4 is 11.7 Å². The Morgan fingerprint density at radius 1 is 1.19 bits per heavy atom. The average Bonchev–Trinajstić information content (AvgIpc) is 2.78. The van der Waals surface area contributed by atoms with Crippen LogP contribution in [0.25, 0.3) is 0 Å². The maximum absolute atomic E-state index is 12.8. The highest BCUT2D eigenvalue weighted by molar-refractivity contribution is 5.85. The van der Waals surface area contributed by atoms with Crippen molar-refractivity contribution < 1.29 is 4.79 Å². The molecule has 114 valence electrons. The van der Waals surface area contributed by atoms with E-state index in [1.807, 2.05) is 18.3 Å². The van der Waals surface area contributed by atoms with Crippen molar-refractivity contribution in [3.05, 3.63) is 24.4 Å². The van der Waals surface area contributed by atoms with Gasteiger partial charge in [-0.25, -0.2) is 4.98 Å². The molecule has 2 saturated heterocycles. The third-order valence-corrected chi connectivity index (χ3v) is 4.88. The van der Waals surface area contributed by atoms with Gasteiger partial charge in [0.15, 0.2) is 0 Å². The van der Waals surface area contributed by atoms with Gasteiger partial charge in [0, 0.05) is 32.4 Å². The molecular formula is C17H25N3O. The highest BCUT2D eigenvalue weighted by Crippen LogP contribution is 2.42. The number of anilines is 1. The molecule has 1 aromatic heterocycles. The molecule has 3 heterocycles. The minimum atomic E-state index is -0.0832. The molecule has 0 N–H and O–H groups in total. The highest BCUT2D eigenvalue weighted by Gasteiger charge is 2.48. The van der Waals surface area contributed by atoms with E-state index in [1.54, 1.807) is 0 Å². The van der Waals surface area contributed by atoms with Crippen molar-refractivity contribution in [3.63, 3.8) is 0 Å². The minimum Gasteiger partial charge on any atom is -0.357 e. The molecule has 0 radical (unpaired) electrons. The Balaban J connectivity index is 1.64. The van der Waals surface area contributed by atoms with Crippen molar-refractivity contribution in [2.45, 2.75) is 33.1 Å². The summed E-state index contributed by atoms with van der Waals surface area (Å²) in [4.78, 5) is 21.6. The largest absolute Gasteiger partial charge is 0.357 e. The van der Waals surface area contributed by atoms with Gasteiger partial charge in [0.05, 0.1) is 5.41 Å². The summed E-state index contributed by atoms with van der Waals surface area (Å²) in [5.41, 5.74) is -0.0832. The summed E-state index contributed by atoms with van der Waals surface area (Å²) in [5.74, 6) is 1.99. The van der Waals surface area contributed by atoms with Gasteiger partial charge in [-0.15, -0.1) is 0 Å². The normalized spacial score (nSPS) is 21.6. The van der Waals surface area contributed by atoms with Gasteiger partial charge in [0.1, 0.15) is 5.82 Å². The fourth-order valence-corrected chi connectivity index (χ4v) is 3.68. The van der Waals surface area contributed by atoms with Crippen molar-refractivity contribution in [1.29, 1.82) is 0 Å². The number of piperidine rings is 1. The van der Waals surface area contributed by atoms with Gasteiger partial charge in [-0.2, -0.15) is 0 Å². The second-order valence-electron chi connectivity index (χ2n) is 6.85. The third kappa shape index (κ3) is 2.76. The summed E-state index contributed by atoms with van der Waals surface area (Å²) in [6.07, 6.45) is 4.81. The van der Waals surface area contributed by atoms with E-state index in [-0.39, 0.29) is 5.41 Å². The number of amides is 1. The van der Waals surface area contributed by atoms with E-state index in [0.717, 1.165) is 51.3 Å². The van der Waals surface area contributed by atoms with Gasteiger partial charge in [-0.1, -0.05) is 19.9 Å². The molecule has 1 amide bonds. The van der Waals surface area contributed by atoms with Crippen LogP contribution in [0.15, 0.2) is 24.4 Å². The Kier molecular flexibility index (Phi) is 3.87. The number of likely N-dealkylation sites (tertiary alicyclic amines) is 1. The Labute approximate surface area is 127 Å². The van der Waals surface area contributed by atoms with Crippen LogP contribution in [0.1, 0.15) is 33.1 Å². The maximum atomic E-state index is 12.8. The lowest BCUT2D eigenvalue weighted by molar-refractivity contribution is -0.137. The van der Waals surface area contributed by atoms with E-state index < -0.39 is 0 Å². The Hall–Kier alpha value is -1.58. The summed E-state index contributed by atoms with van der Waals surface area (Å²) in [6, 6.07) is 6.02. The van der Waals surface area contributed by atoms with Gasteiger partial charge in [-0.05, 0) is 37.3 Å². The molecule has 4 nitrogen and oxygen atoms in total. The van der Waals surface area contributed by atoms with E-state index >= 15 is 0 Å². The number of pyridine rings is 1. The zero-order chi connectivity index (χ0) is 14.9. The van der Waals surface area contributed by atoms with Crippen LogP contribution < -0.4 is 4.90 Å². The number of hydrogen-bond donors (Lipinski definition) is 0. The SMILES string of the molecule is CC(C)CN1CCC2(CCN(c3ccccn3)CC2)C1=O. The number of nitrogens with zero attached hydrogens (tertiary/aromatic N) is 3. The Morgan fingerprint density at radius 2 is 1.90 bits per heavy atom. The van der Waals surface area contributed by atoms with E-state index in [1.165, 1.54) is 0 Å². The number of carbonyl (C=O) groups excluding carboxylic acids is 1. The molecule has 0 aromatic carbocycles. The number of carbonyl (C=O) groups is 1. The first kappa shape index (κ1) is 14.4. The van der Waals surface area contributed by atoms with Gasteiger partial charge in [0.25, 0.3) is 0 Å². The molecular weight excluding hydrogens is 262 g/mol. The van der Waals surface area contributed by atoms with E-state index in [2.05, 4.69) is 34.7 Å². The molecule has 0 aliphatic carbocycles. The third-order valence-electron chi connectivity index (χ3n) is 4.88. The standard InChI is InChI=1S/C17H25N3O/c1-14(2)13-20-12-8-17(16(20)21)6-10-19(11-7-17)15-5-3-4-9-18-15/h3-5,9,14H,6-8,10-13H2,1-2H3. The Bertz CT molecular complexity index is 492. The first-order chi connectivity index (χ1) is 10.1. The fourth-order valence-electron chi connectivity index (χ4n) is 3.68. The molecule has 1 spiro atoms. The highest BCUT2D eigenvalue weighted by atomic mass is 16.2. The maximum Gasteiger partial charge on any atom is 0.229 e. The Morgan fingerprint density at radius 3 is 2.52 bits per heavy atom. The zero-order valence-corrected chi connectivity index (χ0v) is 13.1. The van der Waals surface area contributed by atoms with Crippen molar-refractivity contribution in [1.82, 2.24) is 9.88 Å². The van der Waals surface area contributed by atoms with Crippen LogP contribution in [0.5, 0.6) is 0 Å². The summed E-state index contributed by atoms with van der Waals surface area (Å²) in [5, 5.41) is 0. The molecule has 0 unspecified atom stereocenters. The van der Waals surface area contributed by atoms with Crippen LogP contribution in [-0.4, -0.2) is 42.0 Å². The summed E-state index contributed by atoms with van der Waals surface area (Å²) in [7, 11) is 0.